The van der Waals surface area contributed by atoms with Gasteiger partial charge in [-0.1, -0.05) is 46.5 Å². The Hall–Kier alpha value is 0. The molecule has 2 aliphatic carbocycles. The van der Waals surface area contributed by atoms with Gasteiger partial charge in [-0.25, -0.2) is 0 Å². The van der Waals surface area contributed by atoms with Crippen LogP contribution in [-0.4, -0.2) is 0 Å². The maximum absolute atomic E-state index is 2.50. The summed E-state index contributed by atoms with van der Waals surface area (Å²) in [6, 6.07) is 0. The second-order valence-corrected chi connectivity index (χ2v) is 7.25. The Balaban J connectivity index is 2.13. The fraction of sp³-hybridized carbons (Fsp3) is 1.00. The van der Waals surface area contributed by atoms with Gasteiger partial charge in [0.1, 0.15) is 0 Å². The van der Waals surface area contributed by atoms with Gasteiger partial charge in [0.15, 0.2) is 0 Å². The summed E-state index contributed by atoms with van der Waals surface area (Å²) in [6.45, 7) is 7.49. The van der Waals surface area contributed by atoms with Gasteiger partial charge in [-0.2, -0.15) is 0 Å². The summed E-state index contributed by atoms with van der Waals surface area (Å²) < 4.78 is 0. The molecule has 0 saturated heterocycles. The average molecular weight is 208 g/mol. The number of rotatable bonds is 0. The molecule has 0 heterocycles. The molecule has 0 aliphatic heterocycles. The van der Waals surface area contributed by atoms with Crippen molar-refractivity contribution >= 4 is 0 Å². The third-order valence-corrected chi connectivity index (χ3v) is 4.86. The first-order valence-electron chi connectivity index (χ1n) is 7.02. The van der Waals surface area contributed by atoms with E-state index in [9.17, 15) is 0 Å². The van der Waals surface area contributed by atoms with Gasteiger partial charge in [-0.15, -0.1) is 0 Å². The van der Waals surface area contributed by atoms with Crippen LogP contribution in [-0.2, 0) is 0 Å². The molecule has 2 rings (SSSR count). The molecule has 0 aromatic rings. The van der Waals surface area contributed by atoms with E-state index in [1.54, 1.807) is 0 Å². The zero-order valence-corrected chi connectivity index (χ0v) is 10.9. The van der Waals surface area contributed by atoms with Gasteiger partial charge < -0.3 is 0 Å². The molecule has 0 aromatic carbocycles. The van der Waals surface area contributed by atoms with Crippen LogP contribution < -0.4 is 0 Å². The maximum atomic E-state index is 2.50. The van der Waals surface area contributed by atoms with Gasteiger partial charge in [-0.3, -0.25) is 0 Å². The lowest BCUT2D eigenvalue weighted by molar-refractivity contribution is 0.0997. The maximum Gasteiger partial charge on any atom is -0.0290 e. The van der Waals surface area contributed by atoms with Gasteiger partial charge in [0.2, 0.25) is 0 Å². The molecule has 0 nitrogen and oxygen atoms in total. The quantitative estimate of drug-likeness (QED) is 0.515. The third kappa shape index (κ3) is 2.77. The summed E-state index contributed by atoms with van der Waals surface area (Å²) in [5.41, 5.74) is 1.36. The molecule has 0 bridgehead atoms. The molecular weight excluding hydrogens is 180 g/mol. The highest BCUT2D eigenvalue weighted by Gasteiger charge is 2.40. The topological polar surface area (TPSA) is 0 Å². The van der Waals surface area contributed by atoms with Gasteiger partial charge >= 0.3 is 0 Å². The fourth-order valence-electron chi connectivity index (χ4n) is 4.34. The van der Waals surface area contributed by atoms with Crippen LogP contribution in [0.15, 0.2) is 0 Å². The van der Waals surface area contributed by atoms with Crippen LogP contribution >= 0.6 is 0 Å². The van der Waals surface area contributed by atoms with E-state index >= 15 is 0 Å². The van der Waals surface area contributed by atoms with Crippen LogP contribution in [0.4, 0.5) is 0 Å². The van der Waals surface area contributed by atoms with Crippen molar-refractivity contribution in [2.75, 3.05) is 0 Å². The smallest absolute Gasteiger partial charge is 0.0290 e. The summed E-state index contributed by atoms with van der Waals surface area (Å²) in [5, 5.41) is 0. The molecule has 2 saturated carbocycles. The second-order valence-electron chi connectivity index (χ2n) is 7.25. The van der Waals surface area contributed by atoms with Crippen molar-refractivity contribution < 1.29 is 0 Å². The van der Waals surface area contributed by atoms with Gasteiger partial charge in [0, 0.05) is 0 Å². The number of hydrogen-bond acceptors (Lipinski definition) is 0. The molecule has 0 aromatic heterocycles. The predicted octanol–water partition coefficient (Wildman–Crippen LogP) is 5.17. The first-order chi connectivity index (χ1) is 7.02. The lowest BCUT2D eigenvalue weighted by Crippen LogP contribution is -2.29. The molecule has 1 spiro atoms. The molecule has 0 amide bonds. The Kier molecular flexibility index (Phi) is 3.14. The molecule has 0 heteroatoms. The van der Waals surface area contributed by atoms with Crippen molar-refractivity contribution in [3.8, 4) is 0 Å². The van der Waals surface area contributed by atoms with Crippen molar-refractivity contribution in [1.29, 1.82) is 0 Å². The van der Waals surface area contributed by atoms with E-state index < -0.39 is 0 Å². The van der Waals surface area contributed by atoms with Crippen LogP contribution in [0.5, 0.6) is 0 Å². The Morgan fingerprint density at radius 1 is 0.933 bits per heavy atom. The molecule has 2 aliphatic rings. The van der Waals surface area contributed by atoms with Gasteiger partial charge in [-0.05, 0) is 48.9 Å². The normalized spacial score (nSPS) is 35.0. The molecule has 0 N–H and O–H groups in total. The molecule has 0 radical (unpaired) electrons. The molecule has 1 atom stereocenters. The Bertz CT molecular complexity index is 208. The van der Waals surface area contributed by atoms with Crippen LogP contribution in [0, 0.1) is 16.7 Å². The molecule has 1 unspecified atom stereocenters. The van der Waals surface area contributed by atoms with Crippen LogP contribution in [0.1, 0.15) is 78.6 Å². The van der Waals surface area contributed by atoms with Crippen LogP contribution in [0.2, 0.25) is 0 Å². The Morgan fingerprint density at radius 3 is 2.27 bits per heavy atom. The zero-order valence-electron chi connectivity index (χ0n) is 10.9. The molecule has 2 fully saturated rings. The van der Waals surface area contributed by atoms with Crippen molar-refractivity contribution in [3.05, 3.63) is 0 Å². The lowest BCUT2D eigenvalue weighted by atomic mass is 9.64. The second kappa shape index (κ2) is 4.11. The largest absolute Gasteiger partial charge is 0.0625 e. The molecule has 88 valence electrons. The van der Waals surface area contributed by atoms with E-state index in [0.29, 0.717) is 5.41 Å². The monoisotopic (exact) mass is 208 g/mol. The highest BCUT2D eigenvalue weighted by Crippen LogP contribution is 2.53. The van der Waals surface area contributed by atoms with Crippen molar-refractivity contribution in [3.63, 3.8) is 0 Å². The van der Waals surface area contributed by atoms with E-state index in [1.165, 1.54) is 57.8 Å². The minimum Gasteiger partial charge on any atom is -0.0625 e. The van der Waals surface area contributed by atoms with E-state index in [2.05, 4.69) is 20.8 Å². The molecule has 15 heavy (non-hydrogen) atoms. The first kappa shape index (κ1) is 11.5. The predicted molar refractivity (Wildman–Crippen MR) is 66.9 cm³/mol. The standard InChI is InChI=1S/C15H28/c1-13-7-10-14(2,3)12-15(11-13)8-5-4-6-9-15/h13H,4-12H2,1-3H3. The van der Waals surface area contributed by atoms with Crippen molar-refractivity contribution in [2.24, 2.45) is 16.7 Å². The third-order valence-electron chi connectivity index (χ3n) is 4.86. The van der Waals surface area contributed by atoms with E-state index in [1.807, 2.05) is 0 Å². The van der Waals surface area contributed by atoms with Gasteiger partial charge in [0.25, 0.3) is 0 Å². The van der Waals surface area contributed by atoms with Crippen molar-refractivity contribution in [1.82, 2.24) is 0 Å². The SMILES string of the molecule is CC1CCC(C)(C)CC2(CCCCC2)C1. The van der Waals surface area contributed by atoms with E-state index in [0.717, 1.165) is 11.3 Å². The highest BCUT2D eigenvalue weighted by atomic mass is 14.5. The van der Waals surface area contributed by atoms with Crippen molar-refractivity contribution in [2.45, 2.75) is 78.6 Å². The lowest BCUT2D eigenvalue weighted by Gasteiger charge is -2.41. The summed E-state index contributed by atoms with van der Waals surface area (Å²) >= 11 is 0. The molecular formula is C15H28. The summed E-state index contributed by atoms with van der Waals surface area (Å²) in [4.78, 5) is 0. The van der Waals surface area contributed by atoms with Crippen LogP contribution in [0.3, 0.4) is 0 Å². The number of hydrogen-bond donors (Lipinski definition) is 0. The summed E-state index contributed by atoms with van der Waals surface area (Å²) in [5.74, 6) is 0.977. The van der Waals surface area contributed by atoms with Gasteiger partial charge in [0.05, 0.1) is 0 Å². The van der Waals surface area contributed by atoms with E-state index in [-0.39, 0.29) is 0 Å². The Labute approximate surface area is 95.8 Å². The fourth-order valence-corrected chi connectivity index (χ4v) is 4.34. The zero-order chi connectivity index (χ0) is 10.9. The van der Waals surface area contributed by atoms with Crippen LogP contribution in [0.25, 0.3) is 0 Å². The summed E-state index contributed by atoms with van der Waals surface area (Å²) in [7, 11) is 0. The minimum atomic E-state index is 0.613. The summed E-state index contributed by atoms with van der Waals surface area (Å²) in [6.07, 6.45) is 13.5. The highest BCUT2D eigenvalue weighted by molar-refractivity contribution is 4.92. The minimum absolute atomic E-state index is 0.613. The van der Waals surface area contributed by atoms with E-state index in [4.69, 9.17) is 0 Å². The average Bonchev–Trinajstić information content (AvgIpc) is 2.24. The first-order valence-corrected chi connectivity index (χ1v) is 7.02. The Morgan fingerprint density at radius 2 is 1.60 bits per heavy atom.